The molecule has 0 radical (unpaired) electrons. The summed E-state index contributed by atoms with van der Waals surface area (Å²) in [6.07, 6.45) is 7.49. The number of rotatable bonds is 14. The zero-order chi connectivity index (χ0) is 29.1. The van der Waals surface area contributed by atoms with E-state index in [2.05, 4.69) is 16.0 Å². The molecule has 2 fully saturated rings. The summed E-state index contributed by atoms with van der Waals surface area (Å²) < 4.78 is 11.5. The monoisotopic (exact) mass is 569 g/mol. The third-order valence-corrected chi connectivity index (χ3v) is 8.69. The molecule has 2 aliphatic rings. The predicted molar refractivity (Wildman–Crippen MR) is 154 cm³/mol. The van der Waals surface area contributed by atoms with E-state index in [1.807, 2.05) is 27.7 Å². The van der Waals surface area contributed by atoms with Gasteiger partial charge < -0.3 is 25.4 Å². The van der Waals surface area contributed by atoms with Crippen LogP contribution in [0.1, 0.15) is 99.3 Å². The molecule has 3 N–H and O–H groups in total. The molecule has 2 atom stereocenters. The molecule has 1 saturated heterocycles. The van der Waals surface area contributed by atoms with Crippen molar-refractivity contribution >= 4 is 34.6 Å². The lowest BCUT2D eigenvalue weighted by Crippen LogP contribution is -2.56. The van der Waals surface area contributed by atoms with Gasteiger partial charge in [0.25, 0.3) is 0 Å². The lowest BCUT2D eigenvalue weighted by molar-refractivity contribution is -0.304. The maximum absolute atomic E-state index is 13.1. The summed E-state index contributed by atoms with van der Waals surface area (Å²) in [6.45, 7) is 12.3. The van der Waals surface area contributed by atoms with Crippen LogP contribution in [0.4, 0.5) is 0 Å². The fraction of sp³-hybridized carbons (Fsp3) is 0.862. The fourth-order valence-electron chi connectivity index (χ4n) is 5.16. The Labute approximate surface area is 239 Å². The van der Waals surface area contributed by atoms with Gasteiger partial charge in [-0.3, -0.25) is 19.2 Å². The molecular weight excluding hydrogens is 518 g/mol. The van der Waals surface area contributed by atoms with Gasteiger partial charge in [-0.15, -0.1) is 0 Å². The summed E-state index contributed by atoms with van der Waals surface area (Å²) in [7, 11) is 0. The standard InChI is InChI=1S/C29H51N3O6S/c1-7-21(8-2)25(34)32-22(18-20-12-10-9-11-13-20)27(36)39-17-16-30-23(33)14-15-31-26(35)24-28(3,4)19-37-29(5,6)38-24/h20-22,24H,7-19H2,1-6H3,(H,30,33)(H,31,35)(H,32,34)/t22-,24-/m0/s1. The molecule has 0 bridgehead atoms. The normalized spacial score (nSPS) is 21.7. The van der Waals surface area contributed by atoms with E-state index in [1.54, 1.807) is 13.8 Å². The lowest BCUT2D eigenvalue weighted by atomic mass is 9.85. The van der Waals surface area contributed by atoms with Gasteiger partial charge in [0.1, 0.15) is 6.10 Å². The van der Waals surface area contributed by atoms with E-state index in [-0.39, 0.29) is 41.7 Å². The summed E-state index contributed by atoms with van der Waals surface area (Å²) in [5, 5.41) is 8.61. The first-order valence-electron chi connectivity index (χ1n) is 14.7. The van der Waals surface area contributed by atoms with Crippen molar-refractivity contribution in [1.29, 1.82) is 0 Å². The molecular formula is C29H51N3O6S. The Morgan fingerprint density at radius 1 is 0.949 bits per heavy atom. The van der Waals surface area contributed by atoms with Crippen LogP contribution in [0.3, 0.4) is 0 Å². The van der Waals surface area contributed by atoms with Gasteiger partial charge in [0.2, 0.25) is 22.8 Å². The van der Waals surface area contributed by atoms with Crippen molar-refractivity contribution in [1.82, 2.24) is 16.0 Å². The number of carbonyl (C=O) groups is 4. The average Bonchev–Trinajstić information content (AvgIpc) is 2.89. The van der Waals surface area contributed by atoms with Crippen LogP contribution in [0.5, 0.6) is 0 Å². The number of carbonyl (C=O) groups excluding carboxylic acids is 4. The largest absolute Gasteiger partial charge is 0.355 e. The number of hydrogen-bond acceptors (Lipinski definition) is 7. The summed E-state index contributed by atoms with van der Waals surface area (Å²) in [6, 6.07) is -0.487. The molecule has 39 heavy (non-hydrogen) atoms. The molecule has 10 heteroatoms. The van der Waals surface area contributed by atoms with Gasteiger partial charge in [0, 0.05) is 36.6 Å². The summed E-state index contributed by atoms with van der Waals surface area (Å²) in [4.78, 5) is 50.8. The van der Waals surface area contributed by atoms with Crippen molar-refractivity contribution in [3.05, 3.63) is 0 Å². The van der Waals surface area contributed by atoms with Crippen molar-refractivity contribution in [2.24, 2.45) is 17.3 Å². The first-order valence-corrected chi connectivity index (χ1v) is 15.7. The third-order valence-electron chi connectivity index (χ3n) is 7.71. The number of nitrogens with one attached hydrogen (secondary N) is 3. The number of amides is 3. The van der Waals surface area contributed by atoms with Crippen LogP contribution in [0.15, 0.2) is 0 Å². The van der Waals surface area contributed by atoms with Gasteiger partial charge in [0.05, 0.1) is 12.6 Å². The quantitative estimate of drug-likeness (QED) is 0.271. The molecule has 0 aromatic rings. The molecule has 2 rings (SSSR count). The van der Waals surface area contributed by atoms with E-state index in [4.69, 9.17) is 9.47 Å². The molecule has 0 aromatic carbocycles. The van der Waals surface area contributed by atoms with Gasteiger partial charge in [0.15, 0.2) is 5.79 Å². The Balaban J connectivity index is 1.74. The van der Waals surface area contributed by atoms with E-state index < -0.39 is 23.3 Å². The highest BCUT2D eigenvalue weighted by Crippen LogP contribution is 2.35. The van der Waals surface area contributed by atoms with E-state index >= 15 is 0 Å². The highest BCUT2D eigenvalue weighted by atomic mass is 32.2. The summed E-state index contributed by atoms with van der Waals surface area (Å²) in [5.41, 5.74) is -0.478. The van der Waals surface area contributed by atoms with Crippen LogP contribution in [0.25, 0.3) is 0 Å². The molecule has 3 amide bonds. The van der Waals surface area contributed by atoms with Crippen molar-refractivity contribution in [2.75, 3.05) is 25.4 Å². The first-order chi connectivity index (χ1) is 18.4. The molecule has 9 nitrogen and oxygen atoms in total. The van der Waals surface area contributed by atoms with Crippen LogP contribution in [0, 0.1) is 17.3 Å². The number of ether oxygens (including phenoxy) is 2. The molecule has 224 valence electrons. The zero-order valence-electron chi connectivity index (χ0n) is 24.9. The fourth-order valence-corrected chi connectivity index (χ4v) is 5.93. The second kappa shape index (κ2) is 16.0. The van der Waals surface area contributed by atoms with Crippen LogP contribution in [-0.4, -0.2) is 66.2 Å². The lowest BCUT2D eigenvalue weighted by Gasteiger charge is -2.44. The molecule has 0 spiro atoms. The summed E-state index contributed by atoms with van der Waals surface area (Å²) >= 11 is 1.16. The number of hydrogen-bond donors (Lipinski definition) is 3. The maximum atomic E-state index is 13.1. The Kier molecular flexibility index (Phi) is 13.7. The predicted octanol–water partition coefficient (Wildman–Crippen LogP) is 3.94. The van der Waals surface area contributed by atoms with Crippen molar-refractivity contribution in [2.45, 2.75) is 117 Å². The Bertz CT molecular complexity index is 824. The van der Waals surface area contributed by atoms with Crippen LogP contribution < -0.4 is 16.0 Å². The number of thioether (sulfide) groups is 1. The molecule has 0 unspecified atom stereocenters. The highest BCUT2D eigenvalue weighted by molar-refractivity contribution is 8.13. The van der Waals surface area contributed by atoms with Crippen molar-refractivity contribution in [3.63, 3.8) is 0 Å². The molecule has 1 heterocycles. The second-order valence-electron chi connectivity index (χ2n) is 12.0. The first kappa shape index (κ1) is 33.6. The molecule has 1 aliphatic heterocycles. The van der Waals surface area contributed by atoms with Gasteiger partial charge >= 0.3 is 0 Å². The highest BCUT2D eigenvalue weighted by Gasteiger charge is 2.45. The van der Waals surface area contributed by atoms with Crippen LogP contribution in [-0.2, 0) is 28.7 Å². The van der Waals surface area contributed by atoms with E-state index in [1.165, 1.54) is 19.3 Å². The van der Waals surface area contributed by atoms with E-state index in [0.29, 0.717) is 31.2 Å². The third kappa shape index (κ3) is 11.4. The van der Waals surface area contributed by atoms with Gasteiger partial charge in [-0.25, -0.2) is 0 Å². The van der Waals surface area contributed by atoms with Crippen molar-refractivity contribution in [3.8, 4) is 0 Å². The Hall–Kier alpha value is -1.65. The van der Waals surface area contributed by atoms with E-state index in [0.717, 1.165) is 37.4 Å². The smallest absolute Gasteiger partial charge is 0.249 e. The maximum Gasteiger partial charge on any atom is 0.249 e. The van der Waals surface area contributed by atoms with Gasteiger partial charge in [-0.1, -0.05) is 71.6 Å². The average molecular weight is 570 g/mol. The Morgan fingerprint density at radius 3 is 2.26 bits per heavy atom. The minimum absolute atomic E-state index is 0.0385. The SMILES string of the molecule is CCC(CC)C(=O)N[C@@H](CC1CCCCC1)C(=O)SCCNC(=O)CCNC(=O)[C@@H]1OC(C)(C)OCC1(C)C. The van der Waals surface area contributed by atoms with Crippen molar-refractivity contribution < 1.29 is 28.7 Å². The minimum Gasteiger partial charge on any atom is -0.355 e. The Morgan fingerprint density at radius 2 is 1.62 bits per heavy atom. The van der Waals surface area contributed by atoms with E-state index in [9.17, 15) is 19.2 Å². The summed E-state index contributed by atoms with van der Waals surface area (Å²) in [5.74, 6) is -0.515. The topological polar surface area (TPSA) is 123 Å². The van der Waals surface area contributed by atoms with Crippen LogP contribution in [0.2, 0.25) is 0 Å². The second-order valence-corrected chi connectivity index (χ2v) is 13.1. The van der Waals surface area contributed by atoms with Gasteiger partial charge in [-0.2, -0.15) is 0 Å². The van der Waals surface area contributed by atoms with Crippen LogP contribution >= 0.6 is 11.8 Å². The molecule has 1 saturated carbocycles. The minimum atomic E-state index is -0.837. The molecule has 1 aliphatic carbocycles. The molecule has 0 aromatic heterocycles. The zero-order valence-corrected chi connectivity index (χ0v) is 25.7. The van der Waals surface area contributed by atoms with Gasteiger partial charge in [-0.05, 0) is 39.0 Å².